The molecular formula is C15H22N4S. The molecule has 3 rings (SSSR count). The van der Waals surface area contributed by atoms with Gasteiger partial charge < -0.3 is 5.73 Å². The van der Waals surface area contributed by atoms with Crippen LogP contribution in [0.5, 0.6) is 0 Å². The van der Waals surface area contributed by atoms with Gasteiger partial charge in [-0.2, -0.15) is 5.10 Å². The van der Waals surface area contributed by atoms with E-state index in [1.807, 2.05) is 6.92 Å². The van der Waals surface area contributed by atoms with Gasteiger partial charge in [-0.1, -0.05) is 6.92 Å². The first kappa shape index (κ1) is 13.8. The highest BCUT2D eigenvalue weighted by Gasteiger charge is 2.28. The van der Waals surface area contributed by atoms with Gasteiger partial charge in [-0.3, -0.25) is 0 Å². The molecule has 20 heavy (non-hydrogen) atoms. The van der Waals surface area contributed by atoms with Gasteiger partial charge in [0.1, 0.15) is 0 Å². The van der Waals surface area contributed by atoms with Crippen LogP contribution in [0.4, 0.5) is 0 Å². The molecule has 0 fully saturated rings. The van der Waals surface area contributed by atoms with Gasteiger partial charge in [-0.25, -0.2) is 9.67 Å². The second-order valence-corrected chi connectivity index (χ2v) is 6.35. The van der Waals surface area contributed by atoms with E-state index in [9.17, 15) is 0 Å². The minimum absolute atomic E-state index is 0.591. The Morgan fingerprint density at radius 2 is 2.35 bits per heavy atom. The van der Waals surface area contributed by atoms with Crippen molar-refractivity contribution in [1.29, 1.82) is 0 Å². The maximum atomic E-state index is 5.79. The van der Waals surface area contributed by atoms with Gasteiger partial charge in [-0.05, 0) is 51.5 Å². The summed E-state index contributed by atoms with van der Waals surface area (Å²) in [6.07, 6.45) is 5.65. The number of rotatable bonds is 4. The predicted molar refractivity (Wildman–Crippen MR) is 82.7 cm³/mol. The fourth-order valence-electron chi connectivity index (χ4n) is 3.24. The molecule has 4 nitrogen and oxygen atoms in total. The van der Waals surface area contributed by atoms with Crippen molar-refractivity contribution >= 4 is 11.3 Å². The molecule has 0 aliphatic heterocycles. The van der Waals surface area contributed by atoms with Crippen molar-refractivity contribution in [3.05, 3.63) is 28.0 Å². The van der Waals surface area contributed by atoms with Crippen LogP contribution in [-0.2, 0) is 12.8 Å². The average molecular weight is 290 g/mol. The number of nitrogens with two attached hydrogens (primary N) is 1. The van der Waals surface area contributed by atoms with Crippen molar-refractivity contribution in [1.82, 2.24) is 14.8 Å². The van der Waals surface area contributed by atoms with Gasteiger partial charge in [0, 0.05) is 10.9 Å². The minimum Gasteiger partial charge on any atom is -0.330 e. The molecular weight excluding hydrogens is 268 g/mol. The second-order valence-electron chi connectivity index (χ2n) is 5.51. The largest absolute Gasteiger partial charge is 0.330 e. The van der Waals surface area contributed by atoms with Crippen molar-refractivity contribution in [3.63, 3.8) is 0 Å². The molecule has 108 valence electrons. The molecule has 0 spiro atoms. The van der Waals surface area contributed by atoms with E-state index in [-0.39, 0.29) is 0 Å². The van der Waals surface area contributed by atoms with Gasteiger partial charge in [0.2, 0.25) is 5.13 Å². The van der Waals surface area contributed by atoms with Crippen LogP contribution in [0.25, 0.3) is 5.13 Å². The van der Waals surface area contributed by atoms with Gasteiger partial charge in [-0.15, -0.1) is 11.3 Å². The topological polar surface area (TPSA) is 56.7 Å². The predicted octanol–water partition coefficient (Wildman–Crippen LogP) is 2.97. The number of aromatic nitrogens is 3. The lowest BCUT2D eigenvalue weighted by molar-refractivity contribution is 0.516. The van der Waals surface area contributed by atoms with Crippen LogP contribution < -0.4 is 5.73 Å². The molecule has 0 amide bonds. The van der Waals surface area contributed by atoms with Crippen molar-refractivity contribution in [2.24, 2.45) is 5.73 Å². The van der Waals surface area contributed by atoms with Crippen molar-refractivity contribution < 1.29 is 0 Å². The van der Waals surface area contributed by atoms with Crippen molar-refractivity contribution in [2.45, 2.75) is 51.9 Å². The Bertz CT molecular complexity index is 599. The minimum atomic E-state index is 0.591. The Hall–Kier alpha value is -1.20. The summed E-state index contributed by atoms with van der Waals surface area (Å²) < 4.78 is 2.09. The molecule has 2 aromatic heterocycles. The third kappa shape index (κ3) is 2.29. The summed E-state index contributed by atoms with van der Waals surface area (Å²) in [7, 11) is 0. The van der Waals surface area contributed by atoms with E-state index in [4.69, 9.17) is 10.8 Å². The Morgan fingerprint density at radius 3 is 3.00 bits per heavy atom. The third-order valence-electron chi connectivity index (χ3n) is 4.11. The number of fused-ring (bicyclic) bond motifs is 1. The molecule has 0 radical (unpaired) electrons. The summed E-state index contributed by atoms with van der Waals surface area (Å²) in [6.45, 7) is 4.98. The van der Waals surface area contributed by atoms with Crippen LogP contribution in [0.1, 0.15) is 54.7 Å². The molecule has 5 heteroatoms. The van der Waals surface area contributed by atoms with E-state index < -0.39 is 0 Å². The quantitative estimate of drug-likeness (QED) is 0.942. The van der Waals surface area contributed by atoms with E-state index >= 15 is 0 Å². The Kier molecular flexibility index (Phi) is 3.89. The molecule has 2 aromatic rings. The number of hydrogen-bond donors (Lipinski definition) is 1. The maximum Gasteiger partial charge on any atom is 0.210 e. The first-order valence-electron chi connectivity index (χ1n) is 7.47. The summed E-state index contributed by atoms with van der Waals surface area (Å²) in [6, 6.07) is 0. The SMILES string of the molecule is CCc1nn(-c2nc(C)cs2)c2c1C(CCN)CCC2. The zero-order chi connectivity index (χ0) is 14.1. The van der Waals surface area contributed by atoms with Crippen LogP contribution in [0.3, 0.4) is 0 Å². The smallest absolute Gasteiger partial charge is 0.210 e. The summed E-state index contributed by atoms with van der Waals surface area (Å²) in [5.74, 6) is 0.591. The van der Waals surface area contributed by atoms with E-state index in [0.29, 0.717) is 5.92 Å². The Labute approximate surface area is 124 Å². The number of nitrogens with zero attached hydrogens (tertiary/aromatic N) is 3. The van der Waals surface area contributed by atoms with E-state index in [2.05, 4.69) is 22.0 Å². The monoisotopic (exact) mass is 290 g/mol. The normalized spacial score (nSPS) is 18.2. The van der Waals surface area contributed by atoms with E-state index in [0.717, 1.165) is 36.6 Å². The summed E-state index contributed by atoms with van der Waals surface area (Å²) in [5, 5.41) is 7.95. The number of aryl methyl sites for hydroxylation is 2. The van der Waals surface area contributed by atoms with Crippen LogP contribution in [0.2, 0.25) is 0 Å². The first-order valence-corrected chi connectivity index (χ1v) is 8.35. The zero-order valence-electron chi connectivity index (χ0n) is 12.2. The molecule has 2 N–H and O–H groups in total. The lowest BCUT2D eigenvalue weighted by atomic mass is 9.83. The van der Waals surface area contributed by atoms with Crippen molar-refractivity contribution in [2.75, 3.05) is 6.54 Å². The van der Waals surface area contributed by atoms with Crippen LogP contribution in [-0.4, -0.2) is 21.3 Å². The summed E-state index contributed by atoms with van der Waals surface area (Å²) in [4.78, 5) is 4.60. The lowest BCUT2D eigenvalue weighted by Gasteiger charge is -2.23. The van der Waals surface area contributed by atoms with Gasteiger partial charge >= 0.3 is 0 Å². The van der Waals surface area contributed by atoms with Gasteiger partial charge in [0.25, 0.3) is 0 Å². The molecule has 0 bridgehead atoms. The molecule has 1 aliphatic rings. The average Bonchev–Trinajstić information content (AvgIpc) is 3.03. The van der Waals surface area contributed by atoms with Crippen LogP contribution in [0.15, 0.2) is 5.38 Å². The van der Waals surface area contributed by atoms with E-state index in [1.165, 1.54) is 29.8 Å². The Balaban J connectivity index is 2.09. The second kappa shape index (κ2) is 5.66. The molecule has 1 unspecified atom stereocenters. The zero-order valence-corrected chi connectivity index (χ0v) is 13.0. The van der Waals surface area contributed by atoms with Crippen LogP contribution >= 0.6 is 11.3 Å². The third-order valence-corrected chi connectivity index (χ3v) is 5.04. The van der Waals surface area contributed by atoms with Gasteiger partial charge in [0.05, 0.1) is 17.1 Å². The maximum absolute atomic E-state index is 5.79. The van der Waals surface area contributed by atoms with Gasteiger partial charge in [0.15, 0.2) is 0 Å². The highest BCUT2D eigenvalue weighted by Crippen LogP contribution is 2.37. The Morgan fingerprint density at radius 1 is 1.50 bits per heavy atom. The highest BCUT2D eigenvalue weighted by atomic mass is 32.1. The molecule has 0 saturated carbocycles. The number of thiazole rings is 1. The standard InChI is InChI=1S/C15H22N4S/c1-3-12-14-11(7-8-16)5-4-6-13(14)19(18-12)15-17-10(2)9-20-15/h9,11H,3-8,16H2,1-2H3. The van der Waals surface area contributed by atoms with Crippen LogP contribution in [0, 0.1) is 6.92 Å². The summed E-state index contributed by atoms with van der Waals surface area (Å²) >= 11 is 1.68. The van der Waals surface area contributed by atoms with E-state index in [1.54, 1.807) is 11.3 Å². The molecule has 0 saturated heterocycles. The summed E-state index contributed by atoms with van der Waals surface area (Å²) in [5.41, 5.74) is 10.9. The lowest BCUT2D eigenvalue weighted by Crippen LogP contribution is -2.15. The molecule has 2 heterocycles. The molecule has 1 atom stereocenters. The first-order chi connectivity index (χ1) is 9.74. The fourth-order valence-corrected chi connectivity index (χ4v) is 4.01. The molecule has 1 aliphatic carbocycles. The number of hydrogen-bond acceptors (Lipinski definition) is 4. The fraction of sp³-hybridized carbons (Fsp3) is 0.600. The molecule has 0 aromatic carbocycles. The highest BCUT2D eigenvalue weighted by molar-refractivity contribution is 7.12. The van der Waals surface area contributed by atoms with Crippen molar-refractivity contribution in [3.8, 4) is 5.13 Å².